The number of aromatic nitrogens is 1. The summed E-state index contributed by atoms with van der Waals surface area (Å²) in [5, 5.41) is 3.24. The first kappa shape index (κ1) is 15.9. The third-order valence-corrected chi connectivity index (χ3v) is 3.15. The van der Waals surface area contributed by atoms with Crippen molar-refractivity contribution in [2.75, 3.05) is 30.8 Å². The number of pyridine rings is 1. The Morgan fingerprint density at radius 2 is 1.86 bits per heavy atom. The van der Waals surface area contributed by atoms with Gasteiger partial charge in [0.15, 0.2) is 11.5 Å². The highest BCUT2D eigenvalue weighted by Gasteiger charge is 2.06. The van der Waals surface area contributed by atoms with Gasteiger partial charge < -0.3 is 20.5 Å². The molecule has 0 aliphatic heterocycles. The van der Waals surface area contributed by atoms with Gasteiger partial charge >= 0.3 is 0 Å². The summed E-state index contributed by atoms with van der Waals surface area (Å²) in [4.78, 5) is 4.21. The van der Waals surface area contributed by atoms with Gasteiger partial charge in [-0.1, -0.05) is 6.07 Å². The molecule has 5 nitrogen and oxygen atoms in total. The molecule has 2 aromatic rings. The molecular formula is C17H23N3O2. The van der Waals surface area contributed by atoms with E-state index in [4.69, 9.17) is 15.2 Å². The summed E-state index contributed by atoms with van der Waals surface area (Å²) in [7, 11) is 0. The maximum atomic E-state index is 5.86. The Balaban J connectivity index is 1.97. The van der Waals surface area contributed by atoms with E-state index in [1.165, 1.54) is 5.56 Å². The number of rotatable bonds is 8. The summed E-state index contributed by atoms with van der Waals surface area (Å²) >= 11 is 0. The lowest BCUT2D eigenvalue weighted by Gasteiger charge is -2.13. The Morgan fingerprint density at radius 3 is 2.59 bits per heavy atom. The topological polar surface area (TPSA) is 69.4 Å². The van der Waals surface area contributed by atoms with Gasteiger partial charge in [0.25, 0.3) is 0 Å². The number of nitrogens with zero attached hydrogens (tertiary/aromatic N) is 1. The quantitative estimate of drug-likeness (QED) is 0.784. The van der Waals surface area contributed by atoms with Crippen LogP contribution in [0.2, 0.25) is 0 Å². The summed E-state index contributed by atoms with van der Waals surface area (Å²) in [6, 6.07) is 9.69. The van der Waals surface area contributed by atoms with E-state index in [2.05, 4.69) is 16.4 Å². The van der Waals surface area contributed by atoms with Crippen LogP contribution >= 0.6 is 0 Å². The lowest BCUT2D eigenvalue weighted by Crippen LogP contribution is -2.08. The fourth-order valence-corrected chi connectivity index (χ4v) is 2.14. The second-order valence-corrected chi connectivity index (χ2v) is 4.77. The van der Waals surface area contributed by atoms with Gasteiger partial charge in [-0.2, -0.15) is 0 Å². The number of hydrogen-bond acceptors (Lipinski definition) is 5. The smallest absolute Gasteiger partial charge is 0.161 e. The van der Waals surface area contributed by atoms with Crippen LogP contribution < -0.4 is 20.5 Å². The lowest BCUT2D eigenvalue weighted by atomic mass is 10.1. The highest BCUT2D eigenvalue weighted by atomic mass is 16.5. The molecule has 118 valence electrons. The minimum absolute atomic E-state index is 0.617. The number of benzene rings is 1. The number of hydrogen-bond donors (Lipinski definition) is 2. The Hall–Kier alpha value is -2.43. The molecule has 0 unspecified atom stereocenters. The monoisotopic (exact) mass is 301 g/mol. The van der Waals surface area contributed by atoms with Crippen molar-refractivity contribution in [2.24, 2.45) is 0 Å². The molecule has 1 heterocycles. The second-order valence-electron chi connectivity index (χ2n) is 4.77. The van der Waals surface area contributed by atoms with Gasteiger partial charge in [-0.15, -0.1) is 0 Å². The number of anilines is 2. The normalized spacial score (nSPS) is 10.3. The van der Waals surface area contributed by atoms with Gasteiger partial charge in [0, 0.05) is 12.7 Å². The van der Waals surface area contributed by atoms with E-state index in [0.29, 0.717) is 18.9 Å². The van der Waals surface area contributed by atoms with Crippen LogP contribution in [-0.2, 0) is 6.42 Å². The van der Waals surface area contributed by atoms with Crippen LogP contribution in [0, 0.1) is 0 Å². The first-order valence-corrected chi connectivity index (χ1v) is 7.57. The Kier molecular flexibility index (Phi) is 5.89. The predicted octanol–water partition coefficient (Wildman–Crippen LogP) is 3.12. The zero-order valence-corrected chi connectivity index (χ0v) is 13.1. The van der Waals surface area contributed by atoms with Crippen molar-refractivity contribution in [3.05, 3.63) is 42.1 Å². The van der Waals surface area contributed by atoms with Crippen molar-refractivity contribution < 1.29 is 9.47 Å². The molecule has 0 atom stereocenters. The second kappa shape index (κ2) is 8.12. The molecule has 0 radical (unpaired) electrons. The summed E-state index contributed by atoms with van der Waals surface area (Å²) in [5.74, 6) is 2.30. The van der Waals surface area contributed by atoms with Crippen LogP contribution in [0.1, 0.15) is 19.4 Å². The van der Waals surface area contributed by atoms with E-state index in [9.17, 15) is 0 Å². The van der Waals surface area contributed by atoms with Gasteiger partial charge in [0.2, 0.25) is 0 Å². The number of ether oxygens (including phenoxy) is 2. The molecule has 0 aliphatic carbocycles. The molecule has 22 heavy (non-hydrogen) atoms. The average molecular weight is 301 g/mol. The summed E-state index contributed by atoms with van der Waals surface area (Å²) in [6.07, 6.45) is 2.57. The Bertz CT molecular complexity index is 602. The van der Waals surface area contributed by atoms with Crippen molar-refractivity contribution >= 4 is 11.5 Å². The van der Waals surface area contributed by atoms with Crippen LogP contribution in [0.5, 0.6) is 11.5 Å². The third kappa shape index (κ3) is 4.28. The lowest BCUT2D eigenvalue weighted by molar-refractivity contribution is 0.287. The zero-order chi connectivity index (χ0) is 15.8. The molecule has 1 aromatic carbocycles. The highest BCUT2D eigenvalue weighted by Crippen LogP contribution is 2.28. The van der Waals surface area contributed by atoms with Crippen LogP contribution in [0.25, 0.3) is 0 Å². The summed E-state index contributed by atoms with van der Waals surface area (Å²) < 4.78 is 11.2. The number of nitrogen functional groups attached to an aromatic ring is 1. The first-order chi connectivity index (χ1) is 10.7. The van der Waals surface area contributed by atoms with Gasteiger partial charge in [-0.25, -0.2) is 4.98 Å². The van der Waals surface area contributed by atoms with E-state index < -0.39 is 0 Å². The average Bonchev–Trinajstić information content (AvgIpc) is 2.52. The fourth-order valence-electron chi connectivity index (χ4n) is 2.14. The minimum atomic E-state index is 0.617. The first-order valence-electron chi connectivity index (χ1n) is 7.57. The predicted molar refractivity (Wildman–Crippen MR) is 89.6 cm³/mol. The summed E-state index contributed by atoms with van der Waals surface area (Å²) in [6.45, 7) is 5.92. The van der Waals surface area contributed by atoms with E-state index in [1.807, 2.05) is 38.1 Å². The van der Waals surface area contributed by atoms with Crippen LogP contribution in [0.3, 0.4) is 0 Å². The minimum Gasteiger partial charge on any atom is -0.490 e. The third-order valence-electron chi connectivity index (χ3n) is 3.15. The van der Waals surface area contributed by atoms with Gasteiger partial charge in [-0.05, 0) is 50.1 Å². The molecule has 5 heteroatoms. The van der Waals surface area contributed by atoms with E-state index in [-0.39, 0.29) is 0 Å². The van der Waals surface area contributed by atoms with Crippen molar-refractivity contribution in [3.63, 3.8) is 0 Å². The molecule has 0 fully saturated rings. The zero-order valence-electron chi connectivity index (χ0n) is 13.1. The number of nitrogens with two attached hydrogens (primary N) is 1. The highest BCUT2D eigenvalue weighted by molar-refractivity contribution is 5.60. The molecule has 1 aromatic heterocycles. The molecular weight excluding hydrogens is 278 g/mol. The largest absolute Gasteiger partial charge is 0.490 e. The van der Waals surface area contributed by atoms with Crippen LogP contribution in [0.4, 0.5) is 11.5 Å². The Labute approximate surface area is 131 Å². The molecule has 0 saturated heterocycles. The van der Waals surface area contributed by atoms with Crippen LogP contribution in [-0.4, -0.2) is 24.7 Å². The standard InChI is InChI=1S/C17H23N3O2/c1-3-21-15-8-7-13(12-16(15)22-4-2)9-11-20-17-14(18)6-5-10-19-17/h5-8,10,12H,3-4,9,11,18H2,1-2H3,(H,19,20). The SMILES string of the molecule is CCOc1ccc(CCNc2ncccc2N)cc1OCC. The molecule has 0 spiro atoms. The van der Waals surface area contributed by atoms with E-state index >= 15 is 0 Å². The molecule has 0 saturated carbocycles. The van der Waals surface area contributed by atoms with Gasteiger partial charge in [-0.3, -0.25) is 0 Å². The molecule has 3 N–H and O–H groups in total. The van der Waals surface area contributed by atoms with Gasteiger partial charge in [0.1, 0.15) is 5.82 Å². The summed E-state index contributed by atoms with van der Waals surface area (Å²) in [5.41, 5.74) is 7.69. The molecule has 2 rings (SSSR count). The Morgan fingerprint density at radius 1 is 1.09 bits per heavy atom. The van der Waals surface area contributed by atoms with Crippen LogP contribution in [0.15, 0.2) is 36.5 Å². The van der Waals surface area contributed by atoms with E-state index in [1.54, 1.807) is 6.20 Å². The molecule has 0 bridgehead atoms. The van der Waals surface area contributed by atoms with Gasteiger partial charge in [0.05, 0.1) is 18.9 Å². The molecule has 0 amide bonds. The maximum Gasteiger partial charge on any atom is 0.161 e. The van der Waals surface area contributed by atoms with Crippen molar-refractivity contribution in [1.82, 2.24) is 4.98 Å². The van der Waals surface area contributed by atoms with Crippen molar-refractivity contribution in [3.8, 4) is 11.5 Å². The van der Waals surface area contributed by atoms with E-state index in [0.717, 1.165) is 30.3 Å². The fraction of sp³-hybridized carbons (Fsp3) is 0.353. The maximum absolute atomic E-state index is 5.86. The van der Waals surface area contributed by atoms with Crippen molar-refractivity contribution in [1.29, 1.82) is 0 Å². The van der Waals surface area contributed by atoms with Crippen molar-refractivity contribution in [2.45, 2.75) is 20.3 Å². The number of nitrogens with one attached hydrogen (secondary N) is 1. The molecule has 0 aliphatic rings.